The number of aromatic hydroxyl groups is 1. The molecule has 110 valence electrons. The Morgan fingerprint density at radius 2 is 1.70 bits per heavy atom. The van der Waals surface area contributed by atoms with Gasteiger partial charge in [0.2, 0.25) is 0 Å². The Morgan fingerprint density at radius 3 is 2.20 bits per heavy atom. The molecule has 1 aromatic carbocycles. The molecule has 0 atom stereocenters. The molecule has 0 saturated heterocycles. The lowest BCUT2D eigenvalue weighted by molar-refractivity contribution is 0.341. The van der Waals surface area contributed by atoms with Gasteiger partial charge in [0.15, 0.2) is 0 Å². The number of anilines is 1. The van der Waals surface area contributed by atoms with Crippen LogP contribution in [-0.2, 0) is 0 Å². The molecule has 2 aliphatic rings. The number of nitrogens with zero attached hydrogens (tertiary/aromatic N) is 1. The van der Waals surface area contributed by atoms with E-state index in [0.717, 1.165) is 18.5 Å². The maximum atomic E-state index is 13.2. The van der Waals surface area contributed by atoms with Crippen LogP contribution in [0, 0.1) is 5.82 Å². The molecular formula is C16H23FN2O. The van der Waals surface area contributed by atoms with E-state index in [1.165, 1.54) is 37.8 Å². The molecule has 3 nitrogen and oxygen atoms in total. The molecule has 4 heteroatoms. The summed E-state index contributed by atoms with van der Waals surface area (Å²) in [6.07, 6.45) is 6.99. The van der Waals surface area contributed by atoms with Crippen LogP contribution in [0.3, 0.4) is 0 Å². The predicted octanol–water partition coefficient (Wildman–Crippen LogP) is 3.03. The van der Waals surface area contributed by atoms with Gasteiger partial charge < -0.3 is 15.3 Å². The number of hydrogen-bond acceptors (Lipinski definition) is 3. The van der Waals surface area contributed by atoms with Crippen LogP contribution in [0.1, 0.15) is 38.5 Å². The third-order valence-electron chi connectivity index (χ3n) is 4.65. The van der Waals surface area contributed by atoms with Crippen molar-refractivity contribution in [3.8, 4) is 5.75 Å². The van der Waals surface area contributed by atoms with Crippen molar-refractivity contribution in [1.29, 1.82) is 0 Å². The van der Waals surface area contributed by atoms with E-state index in [0.29, 0.717) is 18.1 Å². The molecule has 0 radical (unpaired) electrons. The molecule has 0 aliphatic heterocycles. The lowest BCUT2D eigenvalue weighted by Gasteiger charge is -2.39. The van der Waals surface area contributed by atoms with Gasteiger partial charge in [0.1, 0.15) is 11.6 Å². The van der Waals surface area contributed by atoms with Gasteiger partial charge in [0.05, 0.1) is 5.69 Å². The highest BCUT2D eigenvalue weighted by Gasteiger charge is 2.36. The largest absolute Gasteiger partial charge is 0.506 e. The predicted molar refractivity (Wildman–Crippen MR) is 78.7 cm³/mol. The summed E-state index contributed by atoms with van der Waals surface area (Å²) in [6, 6.07) is 6.03. The third kappa shape index (κ3) is 2.75. The molecule has 3 rings (SSSR count). The average Bonchev–Trinajstić information content (AvgIpc) is 3.27. The summed E-state index contributed by atoms with van der Waals surface area (Å²) in [5, 5.41) is 13.4. The van der Waals surface area contributed by atoms with E-state index in [4.69, 9.17) is 0 Å². The van der Waals surface area contributed by atoms with Gasteiger partial charge in [0.25, 0.3) is 0 Å². The fourth-order valence-electron chi connectivity index (χ4n) is 3.40. The summed E-state index contributed by atoms with van der Waals surface area (Å²) < 4.78 is 13.2. The van der Waals surface area contributed by atoms with Crippen LogP contribution in [0.2, 0.25) is 0 Å². The maximum Gasteiger partial charge on any atom is 0.141 e. The first-order chi connectivity index (χ1) is 9.69. The van der Waals surface area contributed by atoms with Crippen LogP contribution < -0.4 is 10.2 Å². The smallest absolute Gasteiger partial charge is 0.141 e. The normalized spacial score (nSPS) is 26.5. The van der Waals surface area contributed by atoms with Crippen LogP contribution in [0.5, 0.6) is 5.75 Å². The van der Waals surface area contributed by atoms with E-state index in [-0.39, 0.29) is 11.6 Å². The van der Waals surface area contributed by atoms with E-state index in [1.54, 1.807) is 6.07 Å². The van der Waals surface area contributed by atoms with Crippen molar-refractivity contribution < 1.29 is 9.50 Å². The first-order valence-electron chi connectivity index (χ1n) is 7.63. The number of nitrogens with one attached hydrogen (secondary N) is 1. The zero-order valence-corrected chi connectivity index (χ0v) is 12.0. The van der Waals surface area contributed by atoms with Crippen molar-refractivity contribution in [3.05, 3.63) is 24.0 Å². The minimum absolute atomic E-state index is 0.0765. The number of benzene rings is 1. The Kier molecular flexibility index (Phi) is 3.83. The molecule has 0 unspecified atom stereocenters. The van der Waals surface area contributed by atoms with E-state index in [2.05, 4.69) is 10.2 Å². The summed E-state index contributed by atoms with van der Waals surface area (Å²) in [4.78, 5) is 2.35. The Hall–Kier alpha value is -1.29. The monoisotopic (exact) mass is 278 g/mol. The topological polar surface area (TPSA) is 35.5 Å². The highest BCUT2D eigenvalue weighted by atomic mass is 19.1. The summed E-state index contributed by atoms with van der Waals surface area (Å²) in [5.74, 6) is -0.298. The number of phenols is 1. The minimum Gasteiger partial charge on any atom is -0.506 e. The zero-order valence-electron chi connectivity index (χ0n) is 12.0. The zero-order chi connectivity index (χ0) is 14.1. The molecule has 0 aromatic heterocycles. The van der Waals surface area contributed by atoms with Crippen molar-refractivity contribution in [1.82, 2.24) is 5.32 Å². The second kappa shape index (κ2) is 5.60. The maximum absolute atomic E-state index is 13.2. The molecule has 0 bridgehead atoms. The molecule has 0 heterocycles. The molecule has 2 N–H and O–H groups in total. The second-order valence-electron chi connectivity index (χ2n) is 6.07. The van der Waals surface area contributed by atoms with E-state index in [9.17, 15) is 9.50 Å². The van der Waals surface area contributed by atoms with Crippen molar-refractivity contribution >= 4 is 5.69 Å². The van der Waals surface area contributed by atoms with E-state index >= 15 is 0 Å². The Balaban J connectivity index is 1.79. The molecule has 20 heavy (non-hydrogen) atoms. The molecule has 2 aliphatic carbocycles. The van der Waals surface area contributed by atoms with Crippen molar-refractivity contribution in [3.63, 3.8) is 0 Å². The molecule has 0 spiro atoms. The van der Waals surface area contributed by atoms with Crippen LogP contribution in [0.4, 0.5) is 10.1 Å². The number of rotatable bonds is 4. The van der Waals surface area contributed by atoms with Gasteiger partial charge in [-0.15, -0.1) is 0 Å². The highest BCUT2D eigenvalue weighted by molar-refractivity contribution is 5.60. The van der Waals surface area contributed by atoms with Crippen molar-refractivity contribution in [2.24, 2.45) is 0 Å². The first kappa shape index (κ1) is 13.7. The first-order valence-corrected chi connectivity index (χ1v) is 7.63. The van der Waals surface area contributed by atoms with Crippen molar-refractivity contribution in [2.45, 2.75) is 56.7 Å². The molecule has 2 saturated carbocycles. The SMILES string of the molecule is CNC1CCC(N(c2ccc(F)cc2O)C2CC2)CC1. The van der Waals surface area contributed by atoms with Gasteiger partial charge in [0, 0.05) is 24.2 Å². The van der Waals surface area contributed by atoms with E-state index in [1.807, 2.05) is 7.05 Å². The standard InChI is InChI=1S/C16H23FN2O/c1-18-12-3-5-13(6-4-12)19(14-7-8-14)15-9-2-11(17)10-16(15)20/h2,9-10,12-14,18,20H,3-8H2,1H3. The van der Waals surface area contributed by atoms with Gasteiger partial charge in [-0.2, -0.15) is 0 Å². The fourth-order valence-corrected chi connectivity index (χ4v) is 3.40. The van der Waals surface area contributed by atoms with Crippen molar-refractivity contribution in [2.75, 3.05) is 11.9 Å². The van der Waals surface area contributed by atoms with Gasteiger partial charge in [-0.05, 0) is 57.7 Å². The molecular weight excluding hydrogens is 255 g/mol. The molecule has 1 aromatic rings. The van der Waals surface area contributed by atoms with Crippen LogP contribution >= 0.6 is 0 Å². The second-order valence-corrected chi connectivity index (χ2v) is 6.07. The number of hydrogen-bond donors (Lipinski definition) is 2. The lowest BCUT2D eigenvalue weighted by atomic mass is 9.89. The Bertz CT molecular complexity index is 468. The molecule has 0 amide bonds. The number of phenolic OH excluding ortho intramolecular Hbond substituents is 1. The summed E-state index contributed by atoms with van der Waals surface area (Å²) in [5.41, 5.74) is 0.807. The van der Waals surface area contributed by atoms with Crippen LogP contribution in [0.15, 0.2) is 18.2 Å². The van der Waals surface area contributed by atoms with Gasteiger partial charge in [-0.1, -0.05) is 0 Å². The summed E-state index contributed by atoms with van der Waals surface area (Å²) in [7, 11) is 2.02. The minimum atomic E-state index is -0.374. The van der Waals surface area contributed by atoms with Gasteiger partial charge in [-0.25, -0.2) is 4.39 Å². The summed E-state index contributed by atoms with van der Waals surface area (Å²) >= 11 is 0. The number of halogens is 1. The van der Waals surface area contributed by atoms with Crippen LogP contribution in [0.25, 0.3) is 0 Å². The Labute approximate surface area is 119 Å². The van der Waals surface area contributed by atoms with E-state index < -0.39 is 0 Å². The highest BCUT2D eigenvalue weighted by Crippen LogP contribution is 2.41. The lowest BCUT2D eigenvalue weighted by Crippen LogP contribution is -2.43. The third-order valence-corrected chi connectivity index (χ3v) is 4.65. The molecule has 2 fully saturated rings. The summed E-state index contributed by atoms with van der Waals surface area (Å²) in [6.45, 7) is 0. The fraction of sp³-hybridized carbons (Fsp3) is 0.625. The quantitative estimate of drug-likeness (QED) is 0.888. The average molecular weight is 278 g/mol. The Morgan fingerprint density at radius 1 is 1.10 bits per heavy atom. The van der Waals surface area contributed by atoms with Gasteiger partial charge in [-0.3, -0.25) is 0 Å². The van der Waals surface area contributed by atoms with Gasteiger partial charge >= 0.3 is 0 Å². The van der Waals surface area contributed by atoms with Crippen LogP contribution in [-0.4, -0.2) is 30.3 Å².